The highest BCUT2D eigenvalue weighted by molar-refractivity contribution is 6.36. The van der Waals surface area contributed by atoms with Gasteiger partial charge in [-0.15, -0.1) is 0 Å². The second-order valence-electron chi connectivity index (χ2n) is 8.88. The van der Waals surface area contributed by atoms with Gasteiger partial charge in [-0.1, -0.05) is 102 Å². The van der Waals surface area contributed by atoms with Crippen LogP contribution in [0.15, 0.2) is 114 Å². The molecule has 1 unspecified atom stereocenters. The fourth-order valence-electron chi connectivity index (χ4n) is 4.62. The van der Waals surface area contributed by atoms with Crippen molar-refractivity contribution in [2.45, 2.75) is 18.5 Å². The lowest BCUT2D eigenvalue weighted by molar-refractivity contribution is -0.143. The maximum Gasteiger partial charge on any atom is 0.326 e. The van der Waals surface area contributed by atoms with E-state index in [0.29, 0.717) is 21.9 Å². The Labute approximate surface area is 229 Å². The topological polar surface area (TPSA) is 70.8 Å². The number of para-hydroxylation sites is 1. The number of nitrogens with zero attached hydrogens (tertiary/aromatic N) is 1. The second kappa shape index (κ2) is 11.1. The highest BCUT2D eigenvalue weighted by Crippen LogP contribution is 2.37. The van der Waals surface area contributed by atoms with Gasteiger partial charge in [0.1, 0.15) is 23.4 Å². The minimum Gasteiger partial charge on any atom is -0.480 e. The molecule has 1 aromatic heterocycles. The Hall–Kier alpha value is -4.06. The first-order chi connectivity index (χ1) is 18.4. The van der Waals surface area contributed by atoms with E-state index in [9.17, 15) is 14.7 Å². The zero-order chi connectivity index (χ0) is 26.6. The molecule has 0 fully saturated rings. The molecule has 0 aliphatic carbocycles. The van der Waals surface area contributed by atoms with Crippen molar-refractivity contribution in [1.29, 1.82) is 0 Å². The highest BCUT2D eigenvalue weighted by atomic mass is 35.5. The second-order valence-corrected chi connectivity index (χ2v) is 9.72. The SMILES string of the molecule is O=C(O)[C@H](Cc1ccccc1)N(C(=O)c1ccc(Cl)cc1Cl)C(c1ccccc1)c1cc2ccccc2o1. The summed E-state index contributed by atoms with van der Waals surface area (Å²) in [6.07, 6.45) is 0.0800. The number of benzene rings is 4. The Balaban J connectivity index is 1.73. The van der Waals surface area contributed by atoms with Crippen molar-refractivity contribution in [1.82, 2.24) is 4.90 Å². The molecule has 0 saturated carbocycles. The van der Waals surface area contributed by atoms with E-state index in [4.69, 9.17) is 27.6 Å². The number of carbonyl (C=O) groups is 2. The zero-order valence-electron chi connectivity index (χ0n) is 20.1. The maximum absolute atomic E-state index is 14.3. The van der Waals surface area contributed by atoms with E-state index in [2.05, 4.69) is 0 Å². The molecule has 0 saturated heterocycles. The molecule has 2 atom stereocenters. The Kier molecular flexibility index (Phi) is 7.50. The molecule has 0 aliphatic heterocycles. The number of hydrogen-bond donors (Lipinski definition) is 1. The van der Waals surface area contributed by atoms with Crippen LogP contribution in [0.3, 0.4) is 0 Å². The van der Waals surface area contributed by atoms with Crippen molar-refractivity contribution in [3.05, 3.63) is 142 Å². The van der Waals surface area contributed by atoms with Gasteiger partial charge in [-0.25, -0.2) is 4.79 Å². The molecule has 5 rings (SSSR count). The molecule has 0 bridgehead atoms. The van der Waals surface area contributed by atoms with Gasteiger partial charge in [-0.05, 0) is 41.5 Å². The molecule has 38 heavy (non-hydrogen) atoms. The number of hydrogen-bond acceptors (Lipinski definition) is 3. The summed E-state index contributed by atoms with van der Waals surface area (Å²) in [4.78, 5) is 28.5. The summed E-state index contributed by atoms with van der Waals surface area (Å²) in [7, 11) is 0. The van der Waals surface area contributed by atoms with E-state index in [1.54, 1.807) is 6.07 Å². The van der Waals surface area contributed by atoms with Gasteiger partial charge >= 0.3 is 5.97 Å². The average Bonchev–Trinajstić information content (AvgIpc) is 3.35. The molecular weight excluding hydrogens is 521 g/mol. The van der Waals surface area contributed by atoms with E-state index in [1.165, 1.54) is 17.0 Å². The summed E-state index contributed by atoms with van der Waals surface area (Å²) in [5.41, 5.74) is 2.25. The van der Waals surface area contributed by atoms with Gasteiger partial charge in [-0.2, -0.15) is 0 Å². The quantitative estimate of drug-likeness (QED) is 0.218. The number of aliphatic carboxylic acids is 1. The number of carboxylic acids is 1. The van der Waals surface area contributed by atoms with Crippen LogP contribution in [0, 0.1) is 0 Å². The fourth-order valence-corrected chi connectivity index (χ4v) is 5.11. The molecule has 1 heterocycles. The van der Waals surface area contributed by atoms with Crippen molar-refractivity contribution in [2.75, 3.05) is 0 Å². The number of carbonyl (C=O) groups excluding carboxylic acids is 1. The first-order valence-corrected chi connectivity index (χ1v) is 12.8. The van der Waals surface area contributed by atoms with Crippen molar-refractivity contribution in [3.8, 4) is 0 Å². The molecule has 190 valence electrons. The Morgan fingerprint density at radius 2 is 1.47 bits per heavy atom. The Morgan fingerprint density at radius 1 is 0.816 bits per heavy atom. The monoisotopic (exact) mass is 543 g/mol. The third-order valence-electron chi connectivity index (χ3n) is 6.40. The summed E-state index contributed by atoms with van der Waals surface area (Å²) >= 11 is 12.6. The van der Waals surface area contributed by atoms with E-state index >= 15 is 0 Å². The van der Waals surface area contributed by atoms with Crippen molar-refractivity contribution in [3.63, 3.8) is 0 Å². The van der Waals surface area contributed by atoms with Crippen LogP contribution in [0.4, 0.5) is 0 Å². The van der Waals surface area contributed by atoms with Crippen LogP contribution in [-0.2, 0) is 11.2 Å². The van der Waals surface area contributed by atoms with Crippen LogP contribution >= 0.6 is 23.2 Å². The highest BCUT2D eigenvalue weighted by Gasteiger charge is 2.39. The van der Waals surface area contributed by atoms with Crippen LogP contribution in [0.5, 0.6) is 0 Å². The molecule has 0 spiro atoms. The zero-order valence-corrected chi connectivity index (χ0v) is 21.6. The van der Waals surface area contributed by atoms with Gasteiger partial charge in [0.2, 0.25) is 0 Å². The van der Waals surface area contributed by atoms with Crippen LogP contribution in [0.2, 0.25) is 10.0 Å². The van der Waals surface area contributed by atoms with Crippen LogP contribution in [0.1, 0.15) is 33.3 Å². The van der Waals surface area contributed by atoms with Gasteiger partial charge in [0.05, 0.1) is 10.6 Å². The third-order valence-corrected chi connectivity index (χ3v) is 6.94. The molecule has 5 aromatic rings. The lowest BCUT2D eigenvalue weighted by Crippen LogP contribution is -2.48. The van der Waals surface area contributed by atoms with E-state index in [0.717, 1.165) is 10.9 Å². The number of halogens is 2. The number of rotatable bonds is 8. The molecular formula is C31H23Cl2NO4. The maximum atomic E-state index is 14.3. The van der Waals surface area contributed by atoms with Crippen molar-refractivity contribution >= 4 is 46.0 Å². The van der Waals surface area contributed by atoms with Gasteiger partial charge < -0.3 is 14.4 Å². The molecule has 0 radical (unpaired) electrons. The normalized spacial score (nSPS) is 12.7. The number of fused-ring (bicyclic) bond motifs is 1. The summed E-state index contributed by atoms with van der Waals surface area (Å²) in [5.74, 6) is -1.26. The molecule has 4 aromatic carbocycles. The summed E-state index contributed by atoms with van der Waals surface area (Å²) in [6.45, 7) is 0. The largest absolute Gasteiger partial charge is 0.480 e. The van der Waals surface area contributed by atoms with E-state index in [1.807, 2.05) is 91.0 Å². The summed E-state index contributed by atoms with van der Waals surface area (Å²) < 4.78 is 6.24. The summed E-state index contributed by atoms with van der Waals surface area (Å²) in [5, 5.41) is 11.9. The van der Waals surface area contributed by atoms with E-state index < -0.39 is 24.0 Å². The summed E-state index contributed by atoms with van der Waals surface area (Å²) in [6, 6.07) is 30.3. The Bertz CT molecular complexity index is 1550. The average molecular weight is 544 g/mol. The van der Waals surface area contributed by atoms with Crippen LogP contribution in [-0.4, -0.2) is 27.9 Å². The number of carboxylic acid groups (broad SMARTS) is 1. The Morgan fingerprint density at radius 3 is 2.13 bits per heavy atom. The molecule has 5 nitrogen and oxygen atoms in total. The lowest BCUT2D eigenvalue weighted by Gasteiger charge is -2.36. The molecule has 7 heteroatoms. The van der Waals surface area contributed by atoms with Crippen LogP contribution in [0.25, 0.3) is 11.0 Å². The lowest BCUT2D eigenvalue weighted by atomic mass is 9.96. The van der Waals surface area contributed by atoms with Crippen LogP contribution < -0.4 is 0 Å². The molecule has 0 aliphatic rings. The third kappa shape index (κ3) is 5.30. The smallest absolute Gasteiger partial charge is 0.326 e. The van der Waals surface area contributed by atoms with Gasteiger partial charge in [-0.3, -0.25) is 4.79 Å². The fraction of sp³-hybridized carbons (Fsp3) is 0.0968. The van der Waals surface area contributed by atoms with E-state index in [-0.39, 0.29) is 17.0 Å². The molecule has 1 N–H and O–H groups in total. The number of amides is 1. The van der Waals surface area contributed by atoms with Gasteiger partial charge in [0.25, 0.3) is 5.91 Å². The van der Waals surface area contributed by atoms with Crippen molar-refractivity contribution < 1.29 is 19.1 Å². The first-order valence-electron chi connectivity index (χ1n) is 12.0. The van der Waals surface area contributed by atoms with Crippen molar-refractivity contribution in [2.24, 2.45) is 0 Å². The first kappa shape index (κ1) is 25.6. The minimum atomic E-state index is -1.24. The molecule has 1 amide bonds. The standard InChI is InChI=1S/C31H23Cl2NO4/c32-23-15-16-24(25(33)19-23)30(35)34(26(31(36)37)17-20-9-3-1-4-10-20)29(21-11-5-2-6-12-21)28-18-22-13-7-8-14-27(22)38-28/h1-16,18-19,26,29H,17H2,(H,36,37)/t26-,29?/m0/s1. The van der Waals surface area contributed by atoms with Gasteiger partial charge in [0, 0.05) is 16.8 Å². The number of furan rings is 1. The van der Waals surface area contributed by atoms with Gasteiger partial charge in [0.15, 0.2) is 0 Å². The predicted molar refractivity (Wildman–Crippen MR) is 149 cm³/mol. The predicted octanol–water partition coefficient (Wildman–Crippen LogP) is 7.67. The minimum absolute atomic E-state index is 0.0800.